The van der Waals surface area contributed by atoms with Gasteiger partial charge < -0.3 is 15.2 Å². The number of ether oxygens (including phenoxy) is 1. The average Bonchev–Trinajstić information content (AvgIpc) is 2.48. The van der Waals surface area contributed by atoms with Crippen molar-refractivity contribution in [3.63, 3.8) is 0 Å². The first-order chi connectivity index (χ1) is 10.2. The lowest BCUT2D eigenvalue weighted by Crippen LogP contribution is -2.34. The molecule has 0 aliphatic rings. The summed E-state index contributed by atoms with van der Waals surface area (Å²) in [6.45, 7) is 8.64. The molecule has 0 fully saturated rings. The average molecular weight is 294 g/mol. The molecule has 4 heteroatoms. The molecule has 0 heterocycles. The molecule has 0 aliphatic carbocycles. The van der Waals surface area contributed by atoms with E-state index in [9.17, 15) is 0 Å². The van der Waals surface area contributed by atoms with Gasteiger partial charge in [0.25, 0.3) is 0 Å². The summed E-state index contributed by atoms with van der Waals surface area (Å²) in [5.41, 5.74) is 2.63. The highest BCUT2D eigenvalue weighted by atomic mass is 16.5. The molecule has 120 valence electrons. The Morgan fingerprint density at radius 2 is 2.10 bits per heavy atom. The summed E-state index contributed by atoms with van der Waals surface area (Å²) in [5, 5.41) is 12.7. The number of rotatable bonds is 11. The Morgan fingerprint density at radius 1 is 1.29 bits per heavy atom. The minimum atomic E-state index is 0.194. The van der Waals surface area contributed by atoms with E-state index in [1.54, 1.807) is 7.11 Å². The van der Waals surface area contributed by atoms with Gasteiger partial charge in [-0.05, 0) is 25.5 Å². The zero-order valence-corrected chi connectivity index (χ0v) is 13.6. The van der Waals surface area contributed by atoms with E-state index < -0.39 is 0 Å². The van der Waals surface area contributed by atoms with Crippen LogP contribution in [0.3, 0.4) is 0 Å². The number of hydrogen-bond acceptors (Lipinski definition) is 4. The van der Waals surface area contributed by atoms with Crippen molar-refractivity contribution in [1.29, 1.82) is 0 Å². The van der Waals surface area contributed by atoms with Crippen LogP contribution in [0, 0.1) is 6.92 Å². The van der Waals surface area contributed by atoms with Crippen molar-refractivity contribution in [2.45, 2.75) is 26.3 Å². The van der Waals surface area contributed by atoms with Crippen LogP contribution in [0.2, 0.25) is 0 Å². The highest BCUT2D eigenvalue weighted by molar-refractivity contribution is 5.25. The third-order valence-corrected chi connectivity index (χ3v) is 3.66. The van der Waals surface area contributed by atoms with E-state index in [-0.39, 0.29) is 6.61 Å². The smallest absolute Gasteiger partial charge is 0.0589 e. The maximum absolute atomic E-state index is 9.16. The first-order valence-electron chi connectivity index (χ1n) is 7.83. The molecular formula is C17H30N2O2. The number of aryl methyl sites for hydroxylation is 1. The van der Waals surface area contributed by atoms with Crippen molar-refractivity contribution in [1.82, 2.24) is 10.2 Å². The van der Waals surface area contributed by atoms with Crippen LogP contribution in [0.25, 0.3) is 0 Å². The normalized spacial score (nSPS) is 12.8. The van der Waals surface area contributed by atoms with Gasteiger partial charge in [0.1, 0.15) is 0 Å². The highest BCUT2D eigenvalue weighted by Crippen LogP contribution is 2.18. The fraction of sp³-hybridized carbons (Fsp3) is 0.647. The Morgan fingerprint density at radius 3 is 2.71 bits per heavy atom. The summed E-state index contributed by atoms with van der Waals surface area (Å²) in [7, 11) is 1.71. The largest absolute Gasteiger partial charge is 0.395 e. The molecule has 0 spiro atoms. The molecular weight excluding hydrogens is 264 g/mol. The third kappa shape index (κ3) is 7.05. The van der Waals surface area contributed by atoms with Gasteiger partial charge in [0.05, 0.1) is 13.2 Å². The van der Waals surface area contributed by atoms with E-state index in [4.69, 9.17) is 9.84 Å². The van der Waals surface area contributed by atoms with Crippen molar-refractivity contribution in [3.05, 3.63) is 35.4 Å². The van der Waals surface area contributed by atoms with E-state index in [2.05, 4.69) is 48.3 Å². The van der Waals surface area contributed by atoms with E-state index >= 15 is 0 Å². The second-order valence-electron chi connectivity index (χ2n) is 5.37. The van der Waals surface area contributed by atoms with Gasteiger partial charge in [0.15, 0.2) is 0 Å². The van der Waals surface area contributed by atoms with Gasteiger partial charge in [0.2, 0.25) is 0 Å². The monoisotopic (exact) mass is 294 g/mol. The van der Waals surface area contributed by atoms with Gasteiger partial charge in [-0.15, -0.1) is 0 Å². The van der Waals surface area contributed by atoms with Gasteiger partial charge in [-0.25, -0.2) is 0 Å². The second-order valence-corrected chi connectivity index (χ2v) is 5.37. The molecule has 1 unspecified atom stereocenters. The Hall–Kier alpha value is -0.940. The first-order valence-corrected chi connectivity index (χ1v) is 7.83. The summed E-state index contributed by atoms with van der Waals surface area (Å²) in [4.78, 5) is 2.25. The molecule has 1 rings (SSSR count). The molecule has 0 bridgehead atoms. The molecule has 1 aromatic carbocycles. The minimum Gasteiger partial charge on any atom is -0.395 e. The number of benzene rings is 1. The third-order valence-electron chi connectivity index (χ3n) is 3.66. The molecule has 2 N–H and O–H groups in total. The van der Waals surface area contributed by atoms with Crippen molar-refractivity contribution in [3.8, 4) is 0 Å². The van der Waals surface area contributed by atoms with Gasteiger partial charge >= 0.3 is 0 Å². The maximum Gasteiger partial charge on any atom is 0.0589 e. The number of nitrogens with one attached hydrogen (secondary N) is 1. The molecule has 1 atom stereocenters. The Kier molecular flexibility index (Phi) is 9.26. The maximum atomic E-state index is 9.16. The summed E-state index contributed by atoms with van der Waals surface area (Å²) >= 11 is 0. The van der Waals surface area contributed by atoms with Gasteiger partial charge in [-0.2, -0.15) is 0 Å². The van der Waals surface area contributed by atoms with Crippen molar-refractivity contribution in [2.75, 3.05) is 46.5 Å². The van der Waals surface area contributed by atoms with Crippen LogP contribution < -0.4 is 5.32 Å². The van der Waals surface area contributed by atoms with Crippen LogP contribution in [-0.2, 0) is 4.74 Å². The number of methoxy groups -OCH3 is 1. The van der Waals surface area contributed by atoms with Crippen LogP contribution >= 0.6 is 0 Å². The van der Waals surface area contributed by atoms with E-state index in [1.165, 1.54) is 11.1 Å². The Labute approximate surface area is 129 Å². The molecule has 0 radical (unpaired) electrons. The van der Waals surface area contributed by atoms with Gasteiger partial charge in [-0.1, -0.05) is 36.8 Å². The SMILES string of the molecule is CCNC(CCN(CCO)CCOC)c1cccc(C)c1. The van der Waals surface area contributed by atoms with Crippen molar-refractivity contribution >= 4 is 0 Å². The number of aliphatic hydroxyl groups excluding tert-OH is 1. The lowest BCUT2D eigenvalue weighted by molar-refractivity contribution is 0.127. The zero-order valence-electron chi connectivity index (χ0n) is 13.6. The topological polar surface area (TPSA) is 44.7 Å². The fourth-order valence-corrected chi connectivity index (χ4v) is 2.53. The molecule has 4 nitrogen and oxygen atoms in total. The van der Waals surface area contributed by atoms with Gasteiger partial charge in [-0.3, -0.25) is 4.90 Å². The van der Waals surface area contributed by atoms with Crippen LogP contribution in [0.1, 0.15) is 30.5 Å². The summed E-state index contributed by atoms with van der Waals surface area (Å²) in [5.74, 6) is 0. The van der Waals surface area contributed by atoms with Crippen LogP contribution in [0.15, 0.2) is 24.3 Å². The summed E-state index contributed by atoms with van der Waals surface area (Å²) in [6.07, 6.45) is 1.03. The van der Waals surface area contributed by atoms with Crippen molar-refractivity contribution in [2.24, 2.45) is 0 Å². The number of aliphatic hydroxyl groups is 1. The molecule has 21 heavy (non-hydrogen) atoms. The number of nitrogens with zero attached hydrogens (tertiary/aromatic N) is 1. The highest BCUT2D eigenvalue weighted by Gasteiger charge is 2.13. The lowest BCUT2D eigenvalue weighted by Gasteiger charge is -2.25. The van der Waals surface area contributed by atoms with E-state index in [0.717, 1.165) is 26.1 Å². The number of hydrogen-bond donors (Lipinski definition) is 2. The van der Waals surface area contributed by atoms with Crippen LogP contribution in [0.4, 0.5) is 0 Å². The molecule has 0 saturated heterocycles. The van der Waals surface area contributed by atoms with Gasteiger partial charge in [0, 0.05) is 32.8 Å². The molecule has 1 aromatic rings. The second kappa shape index (κ2) is 10.7. The van der Waals surface area contributed by atoms with E-state index in [1.807, 2.05) is 0 Å². The van der Waals surface area contributed by atoms with E-state index in [0.29, 0.717) is 19.2 Å². The standard InChI is InChI=1S/C17H30N2O2/c1-4-18-17(16-7-5-6-15(2)14-16)8-9-19(10-12-20)11-13-21-3/h5-7,14,17-18,20H,4,8-13H2,1-3H3. The quantitative estimate of drug-likeness (QED) is 0.655. The van der Waals surface area contributed by atoms with Crippen molar-refractivity contribution < 1.29 is 9.84 Å². The molecule has 0 saturated carbocycles. The lowest BCUT2D eigenvalue weighted by atomic mass is 10.0. The predicted octanol–water partition coefficient (Wildman–Crippen LogP) is 1.98. The fourth-order valence-electron chi connectivity index (χ4n) is 2.53. The Balaban J connectivity index is 2.60. The summed E-state index contributed by atoms with van der Waals surface area (Å²) in [6, 6.07) is 9.04. The minimum absolute atomic E-state index is 0.194. The van der Waals surface area contributed by atoms with Crippen LogP contribution in [-0.4, -0.2) is 56.5 Å². The molecule has 0 amide bonds. The first kappa shape index (κ1) is 18.1. The predicted molar refractivity (Wildman–Crippen MR) is 87.6 cm³/mol. The zero-order chi connectivity index (χ0) is 15.5. The Bertz CT molecular complexity index is 385. The molecule has 0 aromatic heterocycles. The summed E-state index contributed by atoms with van der Waals surface area (Å²) < 4.78 is 5.13. The molecule has 0 aliphatic heterocycles. The van der Waals surface area contributed by atoms with Crippen LogP contribution in [0.5, 0.6) is 0 Å².